The number of rotatable bonds is 3. The van der Waals surface area contributed by atoms with Crippen LogP contribution in [-0.2, 0) is 0 Å². The second-order valence-corrected chi connectivity index (χ2v) is 4.30. The summed E-state index contributed by atoms with van der Waals surface area (Å²) in [6, 6.07) is 4.93. The number of hydrogen-bond acceptors (Lipinski definition) is 5. The molecule has 0 bridgehead atoms. The summed E-state index contributed by atoms with van der Waals surface area (Å²) in [7, 11) is 0. The van der Waals surface area contributed by atoms with Crippen molar-refractivity contribution < 1.29 is 14.1 Å². The van der Waals surface area contributed by atoms with Gasteiger partial charge < -0.3 is 11.1 Å². The van der Waals surface area contributed by atoms with Crippen molar-refractivity contribution in [2.75, 3.05) is 11.1 Å². The van der Waals surface area contributed by atoms with E-state index in [2.05, 4.69) is 10.3 Å². The van der Waals surface area contributed by atoms with Crippen molar-refractivity contribution in [3.05, 3.63) is 57.5 Å². The predicted molar refractivity (Wildman–Crippen MR) is 74.4 cm³/mol. The monoisotopic (exact) mass is 290 g/mol. The van der Waals surface area contributed by atoms with Crippen molar-refractivity contribution >= 4 is 23.1 Å². The number of nitrogen functional groups attached to an aromatic ring is 1. The second kappa shape index (κ2) is 5.53. The molecule has 0 atom stereocenters. The number of anilines is 2. The van der Waals surface area contributed by atoms with Gasteiger partial charge in [-0.05, 0) is 24.6 Å². The van der Waals surface area contributed by atoms with Crippen molar-refractivity contribution in [2.24, 2.45) is 0 Å². The highest BCUT2D eigenvalue weighted by atomic mass is 19.1. The molecule has 1 aromatic heterocycles. The molecule has 2 aromatic rings. The zero-order chi connectivity index (χ0) is 15.6. The lowest BCUT2D eigenvalue weighted by atomic mass is 10.1. The third kappa shape index (κ3) is 3.11. The Bertz CT molecular complexity index is 733. The van der Waals surface area contributed by atoms with Gasteiger partial charge in [0.1, 0.15) is 17.8 Å². The Hall–Kier alpha value is -3.03. The van der Waals surface area contributed by atoms with Crippen LogP contribution in [0.3, 0.4) is 0 Å². The maximum Gasteiger partial charge on any atom is 0.288 e. The summed E-state index contributed by atoms with van der Waals surface area (Å²) in [6.07, 6.45) is 0.958. The zero-order valence-electron chi connectivity index (χ0n) is 11.0. The number of pyridine rings is 1. The van der Waals surface area contributed by atoms with Crippen molar-refractivity contribution in [1.29, 1.82) is 0 Å². The van der Waals surface area contributed by atoms with Crippen LogP contribution in [0.1, 0.15) is 15.9 Å². The number of aromatic nitrogens is 1. The lowest BCUT2D eigenvalue weighted by Gasteiger charge is -2.09. The quantitative estimate of drug-likeness (QED) is 0.665. The molecule has 1 heterocycles. The number of nitro groups is 1. The largest absolute Gasteiger partial charge is 0.383 e. The number of aryl methyl sites for hydroxylation is 1. The molecule has 0 fully saturated rings. The molecule has 8 heteroatoms. The van der Waals surface area contributed by atoms with Gasteiger partial charge in [-0.2, -0.15) is 0 Å². The normalized spacial score (nSPS) is 10.2. The van der Waals surface area contributed by atoms with Crippen molar-refractivity contribution in [3.8, 4) is 0 Å². The van der Waals surface area contributed by atoms with E-state index in [0.29, 0.717) is 5.56 Å². The summed E-state index contributed by atoms with van der Waals surface area (Å²) in [4.78, 5) is 25.7. The molecule has 2 rings (SSSR count). The van der Waals surface area contributed by atoms with Crippen LogP contribution in [0.4, 0.5) is 21.6 Å². The number of amides is 1. The van der Waals surface area contributed by atoms with E-state index in [4.69, 9.17) is 5.73 Å². The van der Waals surface area contributed by atoms with E-state index in [9.17, 15) is 19.3 Å². The standard InChI is InChI=1S/C13H11FN4O3/c1-7-2-3-8(14)4-11(7)17-13(19)10-5-9(18(20)21)6-16-12(10)15/h2-6H,1H3,(H2,15,16)(H,17,19). The average Bonchev–Trinajstić information content (AvgIpc) is 2.43. The fraction of sp³-hybridized carbons (Fsp3) is 0.0769. The minimum atomic E-state index is -0.697. The van der Waals surface area contributed by atoms with Gasteiger partial charge in [0.25, 0.3) is 11.6 Å². The maximum absolute atomic E-state index is 13.2. The SMILES string of the molecule is Cc1ccc(F)cc1NC(=O)c1cc([N+](=O)[O-])cnc1N. The number of hydrogen-bond donors (Lipinski definition) is 2. The molecule has 0 aliphatic heterocycles. The Morgan fingerprint density at radius 2 is 2.14 bits per heavy atom. The van der Waals surface area contributed by atoms with Gasteiger partial charge in [0.15, 0.2) is 0 Å². The molecule has 0 radical (unpaired) electrons. The molecule has 108 valence electrons. The predicted octanol–water partition coefficient (Wildman–Crippen LogP) is 2.27. The first-order valence-electron chi connectivity index (χ1n) is 5.86. The van der Waals surface area contributed by atoms with E-state index in [0.717, 1.165) is 18.3 Å². The number of carbonyl (C=O) groups is 1. The Labute approximate surface area is 118 Å². The molecule has 0 unspecified atom stereocenters. The van der Waals surface area contributed by atoms with E-state index in [-0.39, 0.29) is 22.8 Å². The second-order valence-electron chi connectivity index (χ2n) is 4.30. The van der Waals surface area contributed by atoms with Crippen LogP contribution in [-0.4, -0.2) is 15.8 Å². The smallest absolute Gasteiger partial charge is 0.288 e. The van der Waals surface area contributed by atoms with E-state index in [1.54, 1.807) is 6.92 Å². The van der Waals surface area contributed by atoms with Crippen LogP contribution in [0.5, 0.6) is 0 Å². The Morgan fingerprint density at radius 3 is 2.81 bits per heavy atom. The van der Waals surface area contributed by atoms with Crippen LogP contribution in [0.25, 0.3) is 0 Å². The van der Waals surface area contributed by atoms with Gasteiger partial charge >= 0.3 is 0 Å². The molecule has 3 N–H and O–H groups in total. The van der Waals surface area contributed by atoms with Gasteiger partial charge in [-0.25, -0.2) is 9.37 Å². The Kier molecular flexibility index (Phi) is 3.79. The van der Waals surface area contributed by atoms with Crippen LogP contribution >= 0.6 is 0 Å². The average molecular weight is 290 g/mol. The molecule has 0 aliphatic rings. The lowest BCUT2D eigenvalue weighted by Crippen LogP contribution is -2.16. The van der Waals surface area contributed by atoms with Crippen molar-refractivity contribution in [3.63, 3.8) is 0 Å². The molecule has 7 nitrogen and oxygen atoms in total. The minimum absolute atomic E-state index is 0.145. The van der Waals surface area contributed by atoms with Crippen molar-refractivity contribution in [1.82, 2.24) is 4.98 Å². The first-order valence-corrected chi connectivity index (χ1v) is 5.86. The molecule has 0 saturated heterocycles. The molecule has 0 saturated carbocycles. The van der Waals surface area contributed by atoms with Gasteiger partial charge in [0.2, 0.25) is 0 Å². The summed E-state index contributed by atoms with van der Waals surface area (Å²) in [5, 5.41) is 13.1. The summed E-state index contributed by atoms with van der Waals surface area (Å²) in [5.74, 6) is -1.36. The summed E-state index contributed by atoms with van der Waals surface area (Å²) < 4.78 is 13.2. The number of nitrogens with one attached hydrogen (secondary N) is 1. The first kappa shape index (κ1) is 14.4. The molecular weight excluding hydrogens is 279 g/mol. The fourth-order valence-electron chi connectivity index (χ4n) is 1.66. The number of nitrogens with two attached hydrogens (primary N) is 1. The highest BCUT2D eigenvalue weighted by Gasteiger charge is 2.17. The number of benzene rings is 1. The van der Waals surface area contributed by atoms with E-state index >= 15 is 0 Å². The number of carbonyl (C=O) groups excluding carboxylic acids is 1. The fourth-order valence-corrected chi connectivity index (χ4v) is 1.66. The van der Waals surface area contributed by atoms with E-state index in [1.165, 1.54) is 12.1 Å². The van der Waals surface area contributed by atoms with Gasteiger partial charge in [-0.15, -0.1) is 0 Å². The van der Waals surface area contributed by atoms with E-state index in [1.807, 2.05) is 0 Å². The molecule has 1 aromatic carbocycles. The van der Waals surface area contributed by atoms with Gasteiger partial charge in [-0.1, -0.05) is 6.07 Å². The van der Waals surface area contributed by atoms with Gasteiger partial charge in [0.05, 0.1) is 10.5 Å². The first-order chi connectivity index (χ1) is 9.88. The maximum atomic E-state index is 13.2. The van der Waals surface area contributed by atoms with Crippen LogP contribution in [0.15, 0.2) is 30.5 Å². The van der Waals surface area contributed by atoms with Crippen LogP contribution in [0, 0.1) is 22.9 Å². The molecular formula is C13H11FN4O3. The third-order valence-electron chi connectivity index (χ3n) is 2.81. The van der Waals surface area contributed by atoms with Crippen molar-refractivity contribution in [2.45, 2.75) is 6.92 Å². The lowest BCUT2D eigenvalue weighted by molar-refractivity contribution is -0.385. The Morgan fingerprint density at radius 1 is 1.43 bits per heavy atom. The highest BCUT2D eigenvalue weighted by molar-refractivity contribution is 6.07. The highest BCUT2D eigenvalue weighted by Crippen LogP contribution is 2.20. The molecule has 1 amide bonds. The summed E-state index contributed by atoms with van der Waals surface area (Å²) in [5.41, 5.74) is 5.94. The summed E-state index contributed by atoms with van der Waals surface area (Å²) >= 11 is 0. The molecule has 21 heavy (non-hydrogen) atoms. The number of nitrogens with zero attached hydrogens (tertiary/aromatic N) is 2. The van der Waals surface area contributed by atoms with Crippen LogP contribution in [0.2, 0.25) is 0 Å². The Balaban J connectivity index is 2.34. The minimum Gasteiger partial charge on any atom is -0.383 e. The molecule has 0 spiro atoms. The van der Waals surface area contributed by atoms with Crippen LogP contribution < -0.4 is 11.1 Å². The zero-order valence-corrected chi connectivity index (χ0v) is 11.0. The van der Waals surface area contributed by atoms with Gasteiger partial charge in [-0.3, -0.25) is 14.9 Å². The van der Waals surface area contributed by atoms with Gasteiger partial charge in [0, 0.05) is 11.8 Å². The molecule has 0 aliphatic carbocycles. The van der Waals surface area contributed by atoms with E-state index < -0.39 is 16.6 Å². The third-order valence-corrected chi connectivity index (χ3v) is 2.81. The topological polar surface area (TPSA) is 111 Å². The number of halogens is 1. The summed E-state index contributed by atoms with van der Waals surface area (Å²) in [6.45, 7) is 1.68.